The van der Waals surface area contributed by atoms with E-state index < -0.39 is 35.1 Å². The van der Waals surface area contributed by atoms with Crippen LogP contribution in [0.5, 0.6) is 0 Å². The molecular weight excluding hydrogens is 420 g/mol. The Bertz CT molecular complexity index is 769. The van der Waals surface area contributed by atoms with Gasteiger partial charge in [0, 0.05) is 18.1 Å². The van der Waals surface area contributed by atoms with E-state index in [1.807, 2.05) is 112 Å². The zero-order chi connectivity index (χ0) is 25.2. The summed E-state index contributed by atoms with van der Waals surface area (Å²) in [5.74, 6) is 0. The Balaban J connectivity index is 2.02. The number of urea groups is 3. The number of hydrogen-bond donors (Lipinski definition) is 0. The van der Waals surface area contributed by atoms with E-state index in [9.17, 15) is 14.4 Å². The van der Waals surface area contributed by atoms with Gasteiger partial charge in [-0.1, -0.05) is 0 Å². The third kappa shape index (κ3) is 2.62. The van der Waals surface area contributed by atoms with Gasteiger partial charge >= 0.3 is 18.1 Å². The Morgan fingerprint density at radius 3 is 0.818 bits per heavy atom. The maximum Gasteiger partial charge on any atom is 0.324 e. The van der Waals surface area contributed by atoms with Gasteiger partial charge in [0.25, 0.3) is 0 Å². The van der Waals surface area contributed by atoms with Crippen LogP contribution in [0.1, 0.15) is 83.1 Å². The molecular formula is C24H42N6O3. The first-order chi connectivity index (χ1) is 14.9. The van der Waals surface area contributed by atoms with Gasteiger partial charge in [0.05, 0.1) is 16.6 Å². The van der Waals surface area contributed by atoms with Crippen LogP contribution in [-0.2, 0) is 0 Å². The summed E-state index contributed by atoms with van der Waals surface area (Å²) < 4.78 is 0. The summed E-state index contributed by atoms with van der Waals surface area (Å²) in [6, 6.07) is -0.481. The molecule has 4 heterocycles. The van der Waals surface area contributed by atoms with E-state index in [1.165, 1.54) is 0 Å². The number of nitrogens with zero attached hydrogens (tertiary/aromatic N) is 6. The van der Waals surface area contributed by atoms with Crippen LogP contribution in [0.25, 0.3) is 0 Å². The third-order valence-corrected chi connectivity index (χ3v) is 8.17. The molecule has 4 fully saturated rings. The van der Waals surface area contributed by atoms with Gasteiger partial charge in [0.1, 0.15) is 18.5 Å². The highest BCUT2D eigenvalue weighted by Gasteiger charge is 2.75. The van der Waals surface area contributed by atoms with Gasteiger partial charge in [0.15, 0.2) is 0 Å². The molecule has 4 aliphatic rings. The quantitative estimate of drug-likeness (QED) is 0.641. The van der Waals surface area contributed by atoms with Gasteiger partial charge in [-0.2, -0.15) is 0 Å². The van der Waals surface area contributed by atoms with Gasteiger partial charge < -0.3 is 14.7 Å². The van der Waals surface area contributed by atoms with E-state index in [1.54, 1.807) is 0 Å². The fraction of sp³-hybridized carbons (Fsp3) is 0.875. The molecule has 4 saturated heterocycles. The molecule has 4 aliphatic heterocycles. The zero-order valence-electron chi connectivity index (χ0n) is 22.4. The molecule has 0 radical (unpaired) electrons. The van der Waals surface area contributed by atoms with Crippen molar-refractivity contribution in [3.05, 3.63) is 0 Å². The van der Waals surface area contributed by atoms with Crippen LogP contribution < -0.4 is 0 Å². The van der Waals surface area contributed by atoms with E-state index >= 15 is 0 Å². The first-order valence-electron chi connectivity index (χ1n) is 12.3. The number of amides is 6. The average Bonchev–Trinajstić information content (AvgIpc) is 3.06. The number of carbonyl (C=O) groups excluding carboxylic acids is 3. The lowest BCUT2D eigenvalue weighted by molar-refractivity contribution is -0.122. The van der Waals surface area contributed by atoms with E-state index in [-0.39, 0.29) is 36.2 Å². The van der Waals surface area contributed by atoms with E-state index in [4.69, 9.17) is 0 Å². The molecule has 0 aromatic rings. The topological polar surface area (TPSA) is 70.7 Å². The Labute approximate surface area is 198 Å². The SMILES string of the molecule is CC(C)N1C(=O)N2C(N3C(=O)N(C(C)C)C(C)(C)C3N3C(=O)N(C(C)C)C(C)(C)C23)C1(C)C. The lowest BCUT2D eigenvalue weighted by atomic mass is 9.89. The van der Waals surface area contributed by atoms with Crippen molar-refractivity contribution in [1.82, 2.24) is 29.4 Å². The lowest BCUT2D eigenvalue weighted by Crippen LogP contribution is -2.75. The van der Waals surface area contributed by atoms with Crippen molar-refractivity contribution in [2.75, 3.05) is 0 Å². The number of rotatable bonds is 3. The molecule has 33 heavy (non-hydrogen) atoms. The average molecular weight is 463 g/mol. The maximum atomic E-state index is 14.0. The maximum absolute atomic E-state index is 14.0. The van der Waals surface area contributed by atoms with Gasteiger partial charge in [-0.3, -0.25) is 14.7 Å². The summed E-state index contributed by atoms with van der Waals surface area (Å²) in [5.41, 5.74) is -1.88. The van der Waals surface area contributed by atoms with Crippen molar-refractivity contribution in [3.8, 4) is 0 Å². The Hall–Kier alpha value is -2.19. The van der Waals surface area contributed by atoms with Crippen LogP contribution in [0.3, 0.4) is 0 Å². The monoisotopic (exact) mass is 462 g/mol. The molecule has 4 rings (SSSR count). The minimum atomic E-state index is -0.626. The van der Waals surface area contributed by atoms with Crippen molar-refractivity contribution in [2.45, 2.75) is 136 Å². The van der Waals surface area contributed by atoms with Gasteiger partial charge in [-0.25, -0.2) is 14.4 Å². The second kappa shape index (κ2) is 6.69. The van der Waals surface area contributed by atoms with Crippen LogP contribution in [0.2, 0.25) is 0 Å². The lowest BCUT2D eigenvalue weighted by Gasteiger charge is -2.55. The van der Waals surface area contributed by atoms with Gasteiger partial charge in [-0.05, 0) is 83.1 Å². The second-order valence-electron chi connectivity index (χ2n) is 12.5. The van der Waals surface area contributed by atoms with Crippen LogP contribution in [-0.4, -0.2) is 101 Å². The Morgan fingerprint density at radius 2 is 0.667 bits per heavy atom. The van der Waals surface area contributed by atoms with E-state index in [0.29, 0.717) is 0 Å². The van der Waals surface area contributed by atoms with Crippen molar-refractivity contribution >= 4 is 18.1 Å². The largest absolute Gasteiger partial charge is 0.324 e. The number of carbonyl (C=O) groups is 3. The van der Waals surface area contributed by atoms with Crippen LogP contribution >= 0.6 is 0 Å². The fourth-order valence-corrected chi connectivity index (χ4v) is 7.62. The normalized spacial score (nSPS) is 32.1. The second-order valence-corrected chi connectivity index (χ2v) is 12.5. The third-order valence-electron chi connectivity index (χ3n) is 8.17. The highest BCUT2D eigenvalue weighted by atomic mass is 16.2. The van der Waals surface area contributed by atoms with Crippen molar-refractivity contribution in [3.63, 3.8) is 0 Å². The molecule has 0 aliphatic carbocycles. The predicted molar refractivity (Wildman–Crippen MR) is 126 cm³/mol. The van der Waals surface area contributed by atoms with Crippen molar-refractivity contribution < 1.29 is 14.4 Å². The van der Waals surface area contributed by atoms with Crippen LogP contribution in [0.15, 0.2) is 0 Å². The fourth-order valence-electron chi connectivity index (χ4n) is 7.62. The molecule has 186 valence electrons. The molecule has 6 amide bonds. The molecule has 9 nitrogen and oxygen atoms in total. The summed E-state index contributed by atoms with van der Waals surface area (Å²) in [6.07, 6.45) is -1.44. The molecule has 0 saturated carbocycles. The Morgan fingerprint density at radius 1 is 0.485 bits per heavy atom. The highest BCUT2D eigenvalue weighted by molar-refractivity contribution is 5.89. The molecule has 9 heteroatoms. The molecule has 0 bridgehead atoms. The first-order valence-corrected chi connectivity index (χ1v) is 12.3. The molecule has 0 unspecified atom stereocenters. The van der Waals surface area contributed by atoms with Gasteiger partial charge in [-0.15, -0.1) is 0 Å². The predicted octanol–water partition coefficient (Wildman–Crippen LogP) is 3.75. The van der Waals surface area contributed by atoms with Crippen LogP contribution in [0, 0.1) is 0 Å². The number of fused-ring (bicyclic) bond motifs is 6. The van der Waals surface area contributed by atoms with Crippen molar-refractivity contribution in [1.29, 1.82) is 0 Å². The highest BCUT2D eigenvalue weighted by Crippen LogP contribution is 2.54. The standard InChI is InChI=1S/C24H42N6O3/c1-13(2)28-19(31)25-16(22(28,7)8)26-18(24(11,12)29(14(3)4)20(26)32)27-17(25)23(9,10)30(15(5)6)21(27)33/h13-18H,1-12H3. The molecule has 0 atom stereocenters. The Kier molecular flexibility index (Phi) is 4.86. The molecule has 0 aromatic heterocycles. The number of hydrogen-bond acceptors (Lipinski definition) is 3. The summed E-state index contributed by atoms with van der Waals surface area (Å²) in [6.45, 7) is 24.3. The molecule has 0 spiro atoms. The van der Waals surface area contributed by atoms with E-state index in [2.05, 4.69) is 0 Å². The first kappa shape index (κ1) is 24.0. The van der Waals surface area contributed by atoms with Crippen LogP contribution in [0.4, 0.5) is 14.4 Å². The molecule has 0 N–H and O–H groups in total. The smallest absolute Gasteiger partial charge is 0.313 e. The summed E-state index contributed by atoms with van der Waals surface area (Å²) in [5, 5.41) is 0. The summed E-state index contributed by atoms with van der Waals surface area (Å²) in [4.78, 5) is 53.2. The minimum Gasteiger partial charge on any atom is -0.313 e. The molecule has 0 aromatic carbocycles. The zero-order valence-corrected chi connectivity index (χ0v) is 22.4. The van der Waals surface area contributed by atoms with E-state index in [0.717, 1.165) is 0 Å². The summed E-state index contributed by atoms with van der Waals surface area (Å²) in [7, 11) is 0. The summed E-state index contributed by atoms with van der Waals surface area (Å²) >= 11 is 0. The van der Waals surface area contributed by atoms with Crippen molar-refractivity contribution in [2.24, 2.45) is 0 Å². The van der Waals surface area contributed by atoms with Gasteiger partial charge in [0.2, 0.25) is 0 Å². The minimum absolute atomic E-state index is 0.0432.